The summed E-state index contributed by atoms with van der Waals surface area (Å²) in [5.41, 5.74) is 2.02. The van der Waals surface area contributed by atoms with Crippen LogP contribution in [0.25, 0.3) is 0 Å². The second-order valence-electron chi connectivity index (χ2n) is 6.12. The number of anilines is 1. The number of amides is 1. The van der Waals surface area contributed by atoms with Crippen LogP contribution in [0.3, 0.4) is 0 Å². The predicted molar refractivity (Wildman–Crippen MR) is 89.5 cm³/mol. The average molecular weight is 329 g/mol. The number of fused-ring (bicyclic) bond motifs is 1. The maximum atomic E-state index is 13.4. The number of nitrogens with zero attached hydrogens (tertiary/aromatic N) is 3. The summed E-state index contributed by atoms with van der Waals surface area (Å²) in [5, 5.41) is 0. The topological polar surface area (TPSA) is 55.2 Å². The minimum absolute atomic E-state index is 0.00837. The van der Waals surface area contributed by atoms with Gasteiger partial charge in [-0.2, -0.15) is 0 Å². The highest BCUT2D eigenvalue weighted by atomic mass is 19.1. The Morgan fingerprint density at radius 2 is 2.17 bits per heavy atom. The molecule has 126 valence electrons. The Kier molecular flexibility index (Phi) is 4.46. The van der Waals surface area contributed by atoms with Crippen molar-refractivity contribution in [2.24, 2.45) is 0 Å². The minimum Gasteiger partial charge on any atom is -0.308 e. The van der Waals surface area contributed by atoms with Crippen LogP contribution in [0.5, 0.6) is 0 Å². The first kappa shape index (κ1) is 16.4. The van der Waals surface area contributed by atoms with Gasteiger partial charge in [0.2, 0.25) is 5.91 Å². The van der Waals surface area contributed by atoms with Gasteiger partial charge >= 0.3 is 0 Å². The molecule has 0 radical (unpaired) electrons. The molecule has 1 aromatic carbocycles. The van der Waals surface area contributed by atoms with Crippen LogP contribution >= 0.6 is 0 Å². The van der Waals surface area contributed by atoms with E-state index < -0.39 is 0 Å². The molecule has 2 aromatic rings. The molecule has 1 atom stereocenters. The number of rotatable bonds is 3. The summed E-state index contributed by atoms with van der Waals surface area (Å²) in [6.45, 7) is 3.81. The molecule has 3 rings (SSSR count). The van der Waals surface area contributed by atoms with E-state index in [1.54, 1.807) is 11.0 Å². The van der Waals surface area contributed by atoms with E-state index in [-0.39, 0.29) is 29.9 Å². The lowest BCUT2D eigenvalue weighted by Gasteiger charge is -2.35. The van der Waals surface area contributed by atoms with Crippen molar-refractivity contribution in [2.45, 2.75) is 45.7 Å². The third-order valence-electron chi connectivity index (χ3n) is 4.45. The molecule has 6 heteroatoms. The minimum atomic E-state index is -0.300. The second kappa shape index (κ2) is 6.55. The van der Waals surface area contributed by atoms with Crippen LogP contribution in [0.2, 0.25) is 0 Å². The highest BCUT2D eigenvalue weighted by molar-refractivity contribution is 5.95. The smallest absolute Gasteiger partial charge is 0.253 e. The Labute approximate surface area is 139 Å². The van der Waals surface area contributed by atoms with Crippen molar-refractivity contribution in [2.75, 3.05) is 4.90 Å². The Morgan fingerprint density at radius 3 is 2.88 bits per heavy atom. The molecule has 24 heavy (non-hydrogen) atoms. The highest BCUT2D eigenvalue weighted by Gasteiger charge is 2.28. The molecule has 0 aliphatic carbocycles. The van der Waals surface area contributed by atoms with Gasteiger partial charge in [0.25, 0.3) is 5.56 Å². The third-order valence-corrected chi connectivity index (χ3v) is 4.45. The summed E-state index contributed by atoms with van der Waals surface area (Å²) in [6.07, 6.45) is 3.60. The molecule has 1 aliphatic heterocycles. The summed E-state index contributed by atoms with van der Waals surface area (Å²) in [4.78, 5) is 30.7. The summed E-state index contributed by atoms with van der Waals surface area (Å²) in [5.74, 6) is -0.491. The molecular formula is C18H20FN3O2. The molecular weight excluding hydrogens is 309 g/mol. The molecule has 0 saturated heterocycles. The van der Waals surface area contributed by atoms with Gasteiger partial charge in [0, 0.05) is 23.5 Å². The fourth-order valence-corrected chi connectivity index (χ4v) is 3.10. The normalized spacial score (nSPS) is 16.8. The fourth-order valence-electron chi connectivity index (χ4n) is 3.10. The second-order valence-corrected chi connectivity index (χ2v) is 6.12. The summed E-state index contributed by atoms with van der Waals surface area (Å²) in [6, 6.07) is 5.94. The van der Waals surface area contributed by atoms with Crippen LogP contribution in [-0.2, 0) is 24.2 Å². The van der Waals surface area contributed by atoms with Crippen molar-refractivity contribution in [3.63, 3.8) is 0 Å². The molecule has 0 saturated carbocycles. The summed E-state index contributed by atoms with van der Waals surface area (Å²) in [7, 11) is 0. The Balaban J connectivity index is 1.89. The van der Waals surface area contributed by atoms with Crippen molar-refractivity contribution in [1.82, 2.24) is 9.55 Å². The first-order valence-electron chi connectivity index (χ1n) is 8.15. The van der Waals surface area contributed by atoms with Gasteiger partial charge in [0.15, 0.2) is 0 Å². The average Bonchev–Trinajstić information content (AvgIpc) is 2.56. The first-order chi connectivity index (χ1) is 11.5. The monoisotopic (exact) mass is 329 g/mol. The number of hydrogen-bond donors (Lipinski definition) is 0. The van der Waals surface area contributed by atoms with Crippen LogP contribution < -0.4 is 10.5 Å². The standard InChI is InChI=1S/C18H20FN3O2/c1-3-15-9-17(23)21(11-20-15)10-18(24)22-12(2)4-5-13-8-14(19)6-7-16(13)22/h6-9,11-12H,3-5,10H2,1-2H3. The molecule has 5 nitrogen and oxygen atoms in total. The first-order valence-corrected chi connectivity index (χ1v) is 8.15. The Hall–Kier alpha value is -2.50. The lowest BCUT2D eigenvalue weighted by molar-refractivity contribution is -0.119. The van der Waals surface area contributed by atoms with Crippen molar-refractivity contribution < 1.29 is 9.18 Å². The van der Waals surface area contributed by atoms with Crippen molar-refractivity contribution in [3.05, 3.63) is 58.0 Å². The van der Waals surface area contributed by atoms with Crippen LogP contribution in [-0.4, -0.2) is 21.5 Å². The summed E-state index contributed by atoms with van der Waals surface area (Å²) >= 11 is 0. The molecule has 0 bridgehead atoms. The Bertz CT molecular complexity index is 831. The number of aryl methyl sites for hydroxylation is 2. The van der Waals surface area contributed by atoms with E-state index in [4.69, 9.17) is 0 Å². The van der Waals surface area contributed by atoms with Gasteiger partial charge in [0.1, 0.15) is 12.4 Å². The van der Waals surface area contributed by atoms with Gasteiger partial charge in [-0.3, -0.25) is 14.2 Å². The number of benzene rings is 1. The molecule has 0 fully saturated rings. The van der Waals surface area contributed by atoms with Crippen molar-refractivity contribution >= 4 is 11.6 Å². The van der Waals surface area contributed by atoms with Crippen LogP contribution in [0.1, 0.15) is 31.5 Å². The van der Waals surface area contributed by atoms with Gasteiger partial charge < -0.3 is 4.90 Å². The Morgan fingerprint density at radius 1 is 1.38 bits per heavy atom. The van der Waals surface area contributed by atoms with Gasteiger partial charge in [-0.15, -0.1) is 0 Å². The zero-order valence-electron chi connectivity index (χ0n) is 13.8. The highest BCUT2D eigenvalue weighted by Crippen LogP contribution is 2.31. The molecule has 2 heterocycles. The largest absolute Gasteiger partial charge is 0.308 e. The van der Waals surface area contributed by atoms with E-state index in [9.17, 15) is 14.0 Å². The molecule has 0 spiro atoms. The molecule has 1 unspecified atom stereocenters. The fraction of sp³-hybridized carbons (Fsp3) is 0.389. The van der Waals surface area contributed by atoms with Crippen molar-refractivity contribution in [3.8, 4) is 0 Å². The molecule has 1 amide bonds. The quantitative estimate of drug-likeness (QED) is 0.868. The molecule has 0 N–H and O–H groups in total. The number of hydrogen-bond acceptors (Lipinski definition) is 3. The van der Waals surface area contributed by atoms with Crippen LogP contribution in [0.4, 0.5) is 10.1 Å². The van der Waals surface area contributed by atoms with E-state index in [0.29, 0.717) is 12.1 Å². The van der Waals surface area contributed by atoms with E-state index in [0.717, 1.165) is 24.1 Å². The lowest BCUT2D eigenvalue weighted by atomic mass is 9.96. The van der Waals surface area contributed by atoms with Gasteiger partial charge in [-0.1, -0.05) is 6.92 Å². The zero-order valence-corrected chi connectivity index (χ0v) is 13.8. The van der Waals surface area contributed by atoms with Crippen LogP contribution in [0.15, 0.2) is 35.4 Å². The number of carbonyl (C=O) groups excluding carboxylic acids is 1. The van der Waals surface area contributed by atoms with Gasteiger partial charge in [-0.25, -0.2) is 9.37 Å². The SMILES string of the molecule is CCc1cc(=O)n(CC(=O)N2c3ccc(F)cc3CCC2C)cn1. The number of aromatic nitrogens is 2. The third kappa shape index (κ3) is 3.09. The van der Waals surface area contributed by atoms with Crippen molar-refractivity contribution in [1.29, 1.82) is 0 Å². The number of halogens is 1. The van der Waals surface area contributed by atoms with E-state index >= 15 is 0 Å². The zero-order chi connectivity index (χ0) is 17.3. The van der Waals surface area contributed by atoms with Gasteiger partial charge in [-0.05, 0) is 49.9 Å². The lowest BCUT2D eigenvalue weighted by Crippen LogP contribution is -2.44. The predicted octanol–water partition coefficient (Wildman–Crippen LogP) is 2.31. The van der Waals surface area contributed by atoms with Crippen LogP contribution in [0, 0.1) is 5.82 Å². The molecule has 1 aliphatic rings. The van der Waals surface area contributed by atoms with E-state index in [1.807, 2.05) is 13.8 Å². The maximum Gasteiger partial charge on any atom is 0.253 e. The van der Waals surface area contributed by atoms with E-state index in [2.05, 4.69) is 4.98 Å². The van der Waals surface area contributed by atoms with Gasteiger partial charge in [0.05, 0.1) is 6.33 Å². The molecule has 1 aromatic heterocycles. The summed E-state index contributed by atoms with van der Waals surface area (Å²) < 4.78 is 14.7. The number of carbonyl (C=O) groups is 1. The van der Waals surface area contributed by atoms with E-state index in [1.165, 1.54) is 29.1 Å². The maximum absolute atomic E-state index is 13.4.